The van der Waals surface area contributed by atoms with Gasteiger partial charge in [-0.3, -0.25) is 0 Å². The van der Waals surface area contributed by atoms with Crippen molar-refractivity contribution in [1.29, 1.82) is 0 Å². The van der Waals surface area contributed by atoms with E-state index in [4.69, 9.17) is 0 Å². The van der Waals surface area contributed by atoms with Crippen molar-refractivity contribution < 1.29 is 0 Å². The highest BCUT2D eigenvalue weighted by atomic mass is 79.9. The first-order chi connectivity index (χ1) is 6.27. The Bertz CT molecular complexity index is 243. The van der Waals surface area contributed by atoms with Gasteiger partial charge in [-0.05, 0) is 31.2 Å². The molecule has 72 valence electrons. The van der Waals surface area contributed by atoms with Crippen LogP contribution in [0.4, 0.5) is 0 Å². The zero-order valence-corrected chi connectivity index (χ0v) is 9.76. The van der Waals surface area contributed by atoms with Crippen LogP contribution in [0.1, 0.15) is 31.4 Å². The summed E-state index contributed by atoms with van der Waals surface area (Å²) in [5, 5.41) is 3.32. The second-order valence-corrected chi connectivity index (χ2v) is 4.10. The van der Waals surface area contributed by atoms with Gasteiger partial charge in [0.1, 0.15) is 0 Å². The van der Waals surface area contributed by atoms with Crippen molar-refractivity contribution >= 4 is 15.9 Å². The number of halogens is 1. The minimum Gasteiger partial charge on any atom is -0.313 e. The molecule has 0 spiro atoms. The number of hydrogen-bond donors (Lipinski definition) is 1. The van der Waals surface area contributed by atoms with Gasteiger partial charge in [0.05, 0.1) is 0 Å². The van der Waals surface area contributed by atoms with E-state index in [1.54, 1.807) is 0 Å². The second kappa shape index (κ2) is 5.40. The normalized spacial score (nSPS) is 12.8. The van der Waals surface area contributed by atoms with Crippen LogP contribution in [-0.2, 0) is 0 Å². The quantitative estimate of drug-likeness (QED) is 0.851. The Balaban J connectivity index is 2.73. The van der Waals surface area contributed by atoms with Crippen LogP contribution in [0.3, 0.4) is 0 Å². The molecule has 0 unspecified atom stereocenters. The maximum atomic E-state index is 3.44. The van der Waals surface area contributed by atoms with E-state index in [1.807, 2.05) is 7.05 Å². The fourth-order valence-electron chi connectivity index (χ4n) is 1.46. The molecule has 13 heavy (non-hydrogen) atoms. The molecule has 1 aromatic carbocycles. The highest BCUT2D eigenvalue weighted by Crippen LogP contribution is 2.20. The van der Waals surface area contributed by atoms with Crippen LogP contribution in [-0.4, -0.2) is 7.05 Å². The zero-order chi connectivity index (χ0) is 9.68. The summed E-state index contributed by atoms with van der Waals surface area (Å²) in [5.74, 6) is 0. The molecular formula is C11H16BrN. The van der Waals surface area contributed by atoms with Crippen LogP contribution < -0.4 is 5.32 Å². The molecule has 0 aliphatic carbocycles. The van der Waals surface area contributed by atoms with Crippen molar-refractivity contribution in [3.05, 3.63) is 34.3 Å². The Kier molecular flexibility index (Phi) is 4.46. The molecule has 0 aliphatic rings. The Morgan fingerprint density at radius 1 is 1.31 bits per heavy atom. The number of benzene rings is 1. The fourth-order valence-corrected chi connectivity index (χ4v) is 1.73. The molecule has 0 heterocycles. The largest absolute Gasteiger partial charge is 0.313 e. The Hall–Kier alpha value is -0.340. The topological polar surface area (TPSA) is 12.0 Å². The maximum Gasteiger partial charge on any atom is 0.0317 e. The van der Waals surface area contributed by atoms with Crippen LogP contribution in [0, 0.1) is 0 Å². The van der Waals surface area contributed by atoms with Gasteiger partial charge in [-0.15, -0.1) is 0 Å². The molecule has 0 amide bonds. The second-order valence-electron chi connectivity index (χ2n) is 3.18. The number of nitrogens with one attached hydrogen (secondary N) is 1. The summed E-state index contributed by atoms with van der Waals surface area (Å²) < 4.78 is 1.14. The van der Waals surface area contributed by atoms with Gasteiger partial charge in [0, 0.05) is 10.5 Å². The van der Waals surface area contributed by atoms with Gasteiger partial charge in [0.25, 0.3) is 0 Å². The van der Waals surface area contributed by atoms with Crippen molar-refractivity contribution in [2.24, 2.45) is 0 Å². The molecule has 0 fully saturated rings. The molecule has 1 aromatic rings. The molecule has 2 heteroatoms. The van der Waals surface area contributed by atoms with E-state index >= 15 is 0 Å². The van der Waals surface area contributed by atoms with Crippen LogP contribution in [0.15, 0.2) is 28.7 Å². The standard InChI is InChI=1S/C11H16BrN/c1-3-4-11(13-2)9-5-7-10(12)8-6-9/h5-8,11,13H,3-4H2,1-2H3/t11-/m1/s1. The van der Waals surface area contributed by atoms with Gasteiger partial charge in [-0.1, -0.05) is 41.4 Å². The SMILES string of the molecule is CCC[C@@H](NC)c1ccc(Br)cc1. The lowest BCUT2D eigenvalue weighted by atomic mass is 10.0. The summed E-state index contributed by atoms with van der Waals surface area (Å²) in [7, 11) is 2.02. The summed E-state index contributed by atoms with van der Waals surface area (Å²) >= 11 is 3.44. The van der Waals surface area contributed by atoms with Crippen LogP contribution >= 0.6 is 15.9 Å². The first-order valence-corrected chi connectivity index (χ1v) is 5.50. The minimum atomic E-state index is 0.498. The highest BCUT2D eigenvalue weighted by molar-refractivity contribution is 9.10. The lowest BCUT2D eigenvalue weighted by Gasteiger charge is -2.15. The minimum absolute atomic E-state index is 0.498. The summed E-state index contributed by atoms with van der Waals surface area (Å²) in [6, 6.07) is 9.02. The van der Waals surface area contributed by atoms with Crippen molar-refractivity contribution in [2.75, 3.05) is 7.05 Å². The molecule has 1 nitrogen and oxygen atoms in total. The van der Waals surface area contributed by atoms with Crippen molar-refractivity contribution in [3.8, 4) is 0 Å². The number of hydrogen-bond acceptors (Lipinski definition) is 1. The van der Waals surface area contributed by atoms with E-state index in [0.29, 0.717) is 6.04 Å². The third-order valence-corrected chi connectivity index (χ3v) is 2.73. The van der Waals surface area contributed by atoms with E-state index < -0.39 is 0 Å². The van der Waals surface area contributed by atoms with E-state index in [-0.39, 0.29) is 0 Å². The molecule has 0 aliphatic heterocycles. The molecule has 0 aromatic heterocycles. The molecule has 1 N–H and O–H groups in total. The predicted molar refractivity (Wildman–Crippen MR) is 60.9 cm³/mol. The Labute approximate surface area is 88.7 Å². The van der Waals surface area contributed by atoms with E-state index in [9.17, 15) is 0 Å². The van der Waals surface area contributed by atoms with E-state index in [2.05, 4.69) is 52.4 Å². The van der Waals surface area contributed by atoms with Crippen LogP contribution in [0.2, 0.25) is 0 Å². The third-order valence-electron chi connectivity index (χ3n) is 2.20. The Morgan fingerprint density at radius 2 is 1.92 bits per heavy atom. The lowest BCUT2D eigenvalue weighted by Crippen LogP contribution is -2.15. The average molecular weight is 242 g/mol. The third kappa shape index (κ3) is 3.12. The smallest absolute Gasteiger partial charge is 0.0317 e. The highest BCUT2D eigenvalue weighted by Gasteiger charge is 2.06. The summed E-state index contributed by atoms with van der Waals surface area (Å²) in [6.07, 6.45) is 2.40. The van der Waals surface area contributed by atoms with E-state index in [1.165, 1.54) is 18.4 Å². The van der Waals surface area contributed by atoms with Gasteiger partial charge >= 0.3 is 0 Å². The first kappa shape index (κ1) is 10.7. The van der Waals surface area contributed by atoms with Crippen LogP contribution in [0.5, 0.6) is 0 Å². The predicted octanol–water partition coefficient (Wildman–Crippen LogP) is 3.51. The average Bonchev–Trinajstić information content (AvgIpc) is 2.16. The molecular weight excluding hydrogens is 226 g/mol. The van der Waals surface area contributed by atoms with Crippen molar-refractivity contribution in [2.45, 2.75) is 25.8 Å². The van der Waals surface area contributed by atoms with E-state index in [0.717, 1.165) is 4.47 Å². The zero-order valence-electron chi connectivity index (χ0n) is 8.18. The maximum absolute atomic E-state index is 3.44. The molecule has 0 bridgehead atoms. The molecule has 1 rings (SSSR count). The summed E-state index contributed by atoms with van der Waals surface area (Å²) in [4.78, 5) is 0. The summed E-state index contributed by atoms with van der Waals surface area (Å²) in [5.41, 5.74) is 1.37. The van der Waals surface area contributed by atoms with Gasteiger partial charge < -0.3 is 5.32 Å². The molecule has 0 saturated heterocycles. The first-order valence-electron chi connectivity index (χ1n) is 4.70. The van der Waals surface area contributed by atoms with Crippen LogP contribution in [0.25, 0.3) is 0 Å². The molecule has 1 atom stereocenters. The van der Waals surface area contributed by atoms with Gasteiger partial charge in [0.2, 0.25) is 0 Å². The number of rotatable bonds is 4. The van der Waals surface area contributed by atoms with Gasteiger partial charge in [-0.25, -0.2) is 0 Å². The fraction of sp³-hybridized carbons (Fsp3) is 0.455. The van der Waals surface area contributed by atoms with Crippen molar-refractivity contribution in [3.63, 3.8) is 0 Å². The Morgan fingerprint density at radius 3 is 2.38 bits per heavy atom. The molecule has 0 radical (unpaired) electrons. The van der Waals surface area contributed by atoms with Crippen molar-refractivity contribution in [1.82, 2.24) is 5.32 Å². The monoisotopic (exact) mass is 241 g/mol. The summed E-state index contributed by atoms with van der Waals surface area (Å²) in [6.45, 7) is 2.21. The molecule has 0 saturated carbocycles. The van der Waals surface area contributed by atoms with Gasteiger partial charge in [0.15, 0.2) is 0 Å². The lowest BCUT2D eigenvalue weighted by molar-refractivity contribution is 0.541. The van der Waals surface area contributed by atoms with Gasteiger partial charge in [-0.2, -0.15) is 0 Å².